The molecule has 5 rings (SSSR count). The first-order valence-corrected chi connectivity index (χ1v) is 12.6. The second-order valence-electron chi connectivity index (χ2n) is 9.50. The number of hydrogen-bond donors (Lipinski definition) is 4. The van der Waals surface area contributed by atoms with Crippen molar-refractivity contribution in [2.75, 3.05) is 41.3 Å². The number of carbonyl (C=O) groups is 1. The fourth-order valence-corrected chi connectivity index (χ4v) is 5.01. The fourth-order valence-electron chi connectivity index (χ4n) is 5.01. The smallest absolute Gasteiger partial charge is 0.366 e. The van der Waals surface area contributed by atoms with Crippen LogP contribution in [0.5, 0.6) is 0 Å². The van der Waals surface area contributed by atoms with Crippen molar-refractivity contribution in [3.8, 4) is 11.3 Å². The van der Waals surface area contributed by atoms with E-state index in [0.29, 0.717) is 42.4 Å². The molecule has 1 unspecified atom stereocenters. The molecule has 1 fully saturated rings. The summed E-state index contributed by atoms with van der Waals surface area (Å²) < 4.78 is 39.9. The maximum Gasteiger partial charge on any atom is 0.416 e. The highest BCUT2D eigenvalue weighted by molar-refractivity contribution is 6.04. The zero-order valence-electron chi connectivity index (χ0n) is 20.7. The van der Waals surface area contributed by atoms with E-state index in [4.69, 9.17) is 16.5 Å². The van der Waals surface area contributed by atoms with Gasteiger partial charge in [0, 0.05) is 37.4 Å². The number of anilines is 3. The van der Waals surface area contributed by atoms with E-state index in [1.807, 2.05) is 18.2 Å². The number of piperidine rings is 1. The Morgan fingerprint density at radius 3 is 2.66 bits per heavy atom. The molecule has 200 valence electrons. The number of halogens is 3. The lowest BCUT2D eigenvalue weighted by atomic mass is 9.99. The normalized spacial score (nSPS) is 17.7. The predicted octanol–water partition coefficient (Wildman–Crippen LogP) is 4.29. The Morgan fingerprint density at radius 2 is 1.92 bits per heavy atom. The van der Waals surface area contributed by atoms with Crippen LogP contribution >= 0.6 is 0 Å². The van der Waals surface area contributed by atoms with Crippen molar-refractivity contribution in [2.45, 2.75) is 31.2 Å². The number of nitrogens with two attached hydrogens (primary N) is 2. The van der Waals surface area contributed by atoms with Crippen LogP contribution in [-0.4, -0.2) is 43.2 Å². The van der Waals surface area contributed by atoms with Gasteiger partial charge in [0.05, 0.1) is 29.2 Å². The highest BCUT2D eigenvalue weighted by Gasteiger charge is 2.38. The van der Waals surface area contributed by atoms with Gasteiger partial charge >= 0.3 is 12.2 Å². The van der Waals surface area contributed by atoms with Crippen molar-refractivity contribution in [1.29, 1.82) is 0 Å². The van der Waals surface area contributed by atoms with Crippen LogP contribution in [0.2, 0.25) is 0 Å². The minimum atomic E-state index is -4.46. The number of urea groups is 1. The van der Waals surface area contributed by atoms with Crippen molar-refractivity contribution in [2.24, 2.45) is 11.5 Å². The van der Waals surface area contributed by atoms with E-state index in [9.17, 15) is 18.0 Å². The van der Waals surface area contributed by atoms with Crippen molar-refractivity contribution in [3.05, 3.63) is 71.8 Å². The average molecular weight is 526 g/mol. The van der Waals surface area contributed by atoms with E-state index < -0.39 is 11.7 Å². The number of alkyl halides is 3. The van der Waals surface area contributed by atoms with Gasteiger partial charge in [0.15, 0.2) is 5.82 Å². The van der Waals surface area contributed by atoms with Crippen molar-refractivity contribution < 1.29 is 18.0 Å². The maximum atomic E-state index is 13.6. The lowest BCUT2D eigenvalue weighted by molar-refractivity contribution is -0.137. The molecule has 2 atom stereocenters. The second-order valence-corrected chi connectivity index (χ2v) is 9.50. The molecule has 2 aliphatic rings. The third-order valence-corrected chi connectivity index (χ3v) is 6.92. The monoisotopic (exact) mass is 525 g/mol. The van der Waals surface area contributed by atoms with Gasteiger partial charge < -0.3 is 21.7 Å². The molecule has 0 radical (unpaired) electrons. The Balaban J connectivity index is 1.43. The Hall–Kier alpha value is -3.67. The number of hydrogen-bond acceptors (Lipinski definition) is 6. The molecular formula is C27H30F3N7O. The summed E-state index contributed by atoms with van der Waals surface area (Å²) in [5.74, 6) is 0.443. The van der Waals surface area contributed by atoms with Crippen LogP contribution in [0.25, 0.3) is 11.3 Å². The number of nitrogens with zero attached hydrogens (tertiary/aromatic N) is 3. The Labute approximate surface area is 218 Å². The van der Waals surface area contributed by atoms with E-state index >= 15 is 0 Å². The molecule has 0 saturated carbocycles. The number of amides is 2. The molecule has 3 heterocycles. The number of pyridine rings is 1. The lowest BCUT2D eigenvalue weighted by Crippen LogP contribution is -2.56. The van der Waals surface area contributed by atoms with Crippen molar-refractivity contribution >= 4 is 23.2 Å². The molecule has 2 bridgehead atoms. The summed E-state index contributed by atoms with van der Waals surface area (Å²) in [6.45, 7) is 2.57. The van der Waals surface area contributed by atoms with Crippen LogP contribution in [0.3, 0.4) is 0 Å². The SMILES string of the molecule is NCCNC(N)c1ccc(NC(=O)N2c3nc(-c4cccc(C(F)(F)F)c4)ccc3N3CCC[C@@H]2C3)cc1. The molecule has 1 saturated heterocycles. The number of fused-ring (bicyclic) bond motifs is 4. The first-order chi connectivity index (χ1) is 18.2. The number of rotatable bonds is 6. The Morgan fingerprint density at radius 1 is 1.13 bits per heavy atom. The molecule has 6 N–H and O–H groups in total. The largest absolute Gasteiger partial charge is 0.416 e. The molecule has 2 amide bonds. The van der Waals surface area contributed by atoms with E-state index in [2.05, 4.69) is 15.5 Å². The van der Waals surface area contributed by atoms with Crippen LogP contribution < -0.4 is 31.9 Å². The van der Waals surface area contributed by atoms with Crippen LogP contribution in [0.15, 0.2) is 60.7 Å². The first-order valence-electron chi connectivity index (χ1n) is 12.6. The van der Waals surface area contributed by atoms with Crippen LogP contribution in [0.4, 0.5) is 35.2 Å². The fraction of sp³-hybridized carbons (Fsp3) is 0.333. The minimum Gasteiger partial charge on any atom is -0.366 e. The van der Waals surface area contributed by atoms with E-state index in [0.717, 1.165) is 42.8 Å². The Kier molecular flexibility index (Phi) is 7.24. The zero-order valence-corrected chi connectivity index (χ0v) is 20.7. The number of aromatic nitrogens is 1. The molecular weight excluding hydrogens is 495 g/mol. The van der Waals surface area contributed by atoms with Gasteiger partial charge in [-0.2, -0.15) is 13.2 Å². The number of benzene rings is 2. The molecule has 11 heteroatoms. The topological polar surface area (TPSA) is 113 Å². The van der Waals surface area contributed by atoms with E-state index in [1.165, 1.54) is 6.07 Å². The summed E-state index contributed by atoms with van der Waals surface area (Å²) in [5, 5.41) is 6.06. The van der Waals surface area contributed by atoms with Gasteiger partial charge in [-0.1, -0.05) is 24.3 Å². The summed E-state index contributed by atoms with van der Waals surface area (Å²) in [5.41, 5.74) is 13.8. The molecule has 0 spiro atoms. The molecule has 8 nitrogen and oxygen atoms in total. The quantitative estimate of drug-likeness (QED) is 0.357. The van der Waals surface area contributed by atoms with E-state index in [1.54, 1.807) is 29.2 Å². The van der Waals surface area contributed by atoms with Gasteiger partial charge in [-0.3, -0.25) is 10.2 Å². The molecule has 38 heavy (non-hydrogen) atoms. The molecule has 2 aliphatic heterocycles. The van der Waals surface area contributed by atoms with Crippen LogP contribution in [0, 0.1) is 0 Å². The number of carbonyl (C=O) groups excluding carboxylic acids is 1. The van der Waals surface area contributed by atoms with E-state index in [-0.39, 0.29) is 18.2 Å². The zero-order chi connectivity index (χ0) is 26.9. The van der Waals surface area contributed by atoms with Gasteiger partial charge in [-0.25, -0.2) is 9.78 Å². The molecule has 0 aliphatic carbocycles. The predicted molar refractivity (Wildman–Crippen MR) is 142 cm³/mol. The highest BCUT2D eigenvalue weighted by atomic mass is 19.4. The Bertz CT molecular complexity index is 1300. The van der Waals surface area contributed by atoms with Gasteiger partial charge in [0.2, 0.25) is 0 Å². The minimum absolute atomic E-state index is 0.103. The van der Waals surface area contributed by atoms with Gasteiger partial charge in [0.25, 0.3) is 0 Å². The second kappa shape index (κ2) is 10.6. The van der Waals surface area contributed by atoms with Gasteiger partial charge in [0.1, 0.15) is 0 Å². The third kappa shape index (κ3) is 5.31. The molecule has 2 aromatic carbocycles. The van der Waals surface area contributed by atoms with Gasteiger partial charge in [-0.05, 0) is 54.8 Å². The lowest BCUT2D eigenvalue weighted by Gasteiger charge is -2.45. The van der Waals surface area contributed by atoms with Crippen LogP contribution in [0.1, 0.15) is 30.1 Å². The summed E-state index contributed by atoms with van der Waals surface area (Å²) in [4.78, 5) is 22.1. The first kappa shape index (κ1) is 26.0. The summed E-state index contributed by atoms with van der Waals surface area (Å²) in [6.07, 6.45) is -3.10. The summed E-state index contributed by atoms with van der Waals surface area (Å²) in [7, 11) is 0. The third-order valence-electron chi connectivity index (χ3n) is 6.92. The number of nitrogens with one attached hydrogen (secondary N) is 2. The summed E-state index contributed by atoms with van der Waals surface area (Å²) in [6, 6.07) is 15.4. The maximum absolute atomic E-state index is 13.6. The van der Waals surface area contributed by atoms with Gasteiger partial charge in [-0.15, -0.1) is 0 Å². The average Bonchev–Trinajstić information content (AvgIpc) is 2.91. The molecule has 3 aromatic rings. The summed E-state index contributed by atoms with van der Waals surface area (Å²) >= 11 is 0. The highest BCUT2D eigenvalue weighted by Crippen LogP contribution is 2.40. The van der Waals surface area contributed by atoms with Crippen molar-refractivity contribution in [1.82, 2.24) is 10.3 Å². The van der Waals surface area contributed by atoms with Crippen LogP contribution in [-0.2, 0) is 6.18 Å². The van der Waals surface area contributed by atoms with Crippen molar-refractivity contribution in [3.63, 3.8) is 0 Å². The standard InChI is InChI=1S/C27H30F3N7O/c28-27(29,30)19-4-1-3-18(15-19)22-10-11-23-25(35-22)37(21-5-2-14-36(23)16-21)26(38)34-20-8-6-17(7-9-20)24(32)33-13-12-31/h1,3-4,6-11,15,21,24,33H,2,5,12-14,16,31-32H2,(H,34,38)/t21-,24?/m1/s1. The molecule has 1 aromatic heterocycles.